The highest BCUT2D eigenvalue weighted by Gasteiger charge is 2.20. The van der Waals surface area contributed by atoms with E-state index in [1.54, 1.807) is 0 Å². The van der Waals surface area contributed by atoms with Gasteiger partial charge in [-0.15, -0.1) is 0 Å². The average Bonchev–Trinajstić information content (AvgIpc) is 2.36. The highest BCUT2D eigenvalue weighted by atomic mass is 79.9. The van der Waals surface area contributed by atoms with Crippen molar-refractivity contribution in [3.05, 3.63) is 34.3 Å². The maximum atomic E-state index is 11.7. The lowest BCUT2D eigenvalue weighted by atomic mass is 10.1. The predicted molar refractivity (Wildman–Crippen MR) is 76.4 cm³/mol. The lowest BCUT2D eigenvalue weighted by molar-refractivity contribution is -0.145. The molecule has 0 saturated carbocycles. The van der Waals surface area contributed by atoms with Crippen molar-refractivity contribution in [3.8, 4) is 0 Å². The van der Waals surface area contributed by atoms with E-state index in [1.807, 2.05) is 45.0 Å². The zero-order valence-corrected chi connectivity index (χ0v) is 12.7. The van der Waals surface area contributed by atoms with Crippen LogP contribution in [0.5, 0.6) is 0 Å². The molecule has 0 aromatic heterocycles. The predicted octanol–water partition coefficient (Wildman–Crippen LogP) is 3.44. The lowest BCUT2D eigenvalue weighted by Gasteiger charge is -2.21. The molecule has 0 aliphatic rings. The molecule has 1 aromatic carbocycles. The Kier molecular flexibility index (Phi) is 6.36. The number of hydrogen-bond acceptors (Lipinski definition) is 3. The SMILES string of the molecule is CCOC(=O)C(CC)N[C@@H](C)c1ccc(Br)cc1. The van der Waals surface area contributed by atoms with Crippen LogP contribution in [0.1, 0.15) is 38.8 Å². The van der Waals surface area contributed by atoms with Crippen LogP contribution >= 0.6 is 15.9 Å². The van der Waals surface area contributed by atoms with Gasteiger partial charge in [-0.2, -0.15) is 0 Å². The fourth-order valence-corrected chi connectivity index (χ4v) is 2.01. The molecule has 0 amide bonds. The second-order valence-corrected chi connectivity index (χ2v) is 5.07. The number of hydrogen-bond donors (Lipinski definition) is 1. The summed E-state index contributed by atoms with van der Waals surface area (Å²) in [6.07, 6.45) is 0.722. The summed E-state index contributed by atoms with van der Waals surface area (Å²) in [5.41, 5.74) is 1.15. The smallest absolute Gasteiger partial charge is 0.323 e. The number of halogens is 1. The summed E-state index contributed by atoms with van der Waals surface area (Å²) < 4.78 is 6.09. The second-order valence-electron chi connectivity index (χ2n) is 4.15. The molecule has 0 aliphatic heterocycles. The van der Waals surface area contributed by atoms with Crippen molar-refractivity contribution in [2.75, 3.05) is 6.61 Å². The monoisotopic (exact) mass is 313 g/mol. The normalized spacial score (nSPS) is 14.0. The van der Waals surface area contributed by atoms with Gasteiger partial charge >= 0.3 is 5.97 Å². The van der Waals surface area contributed by atoms with Crippen molar-refractivity contribution in [1.82, 2.24) is 5.32 Å². The zero-order chi connectivity index (χ0) is 13.5. The van der Waals surface area contributed by atoms with E-state index in [2.05, 4.69) is 21.2 Å². The van der Waals surface area contributed by atoms with Gasteiger partial charge in [-0.25, -0.2) is 0 Å². The number of nitrogens with one attached hydrogen (secondary N) is 1. The average molecular weight is 314 g/mol. The van der Waals surface area contributed by atoms with E-state index in [0.717, 1.165) is 16.5 Å². The Labute approximate surface area is 117 Å². The first-order valence-electron chi connectivity index (χ1n) is 6.26. The fourth-order valence-electron chi connectivity index (χ4n) is 1.74. The Morgan fingerprint density at radius 1 is 1.33 bits per heavy atom. The summed E-state index contributed by atoms with van der Waals surface area (Å²) in [7, 11) is 0. The first-order chi connectivity index (χ1) is 8.58. The molecule has 0 saturated heterocycles. The largest absolute Gasteiger partial charge is 0.465 e. The number of benzene rings is 1. The molecule has 0 aliphatic carbocycles. The minimum atomic E-state index is -0.247. The summed E-state index contributed by atoms with van der Waals surface area (Å²) in [4.78, 5) is 11.7. The van der Waals surface area contributed by atoms with Gasteiger partial charge in [-0.05, 0) is 38.0 Å². The molecular formula is C14H20BrNO2. The highest BCUT2D eigenvalue weighted by molar-refractivity contribution is 9.10. The van der Waals surface area contributed by atoms with Crippen molar-refractivity contribution in [3.63, 3.8) is 0 Å². The van der Waals surface area contributed by atoms with Crippen molar-refractivity contribution < 1.29 is 9.53 Å². The van der Waals surface area contributed by atoms with Gasteiger partial charge < -0.3 is 4.74 Å². The maximum absolute atomic E-state index is 11.7. The van der Waals surface area contributed by atoms with Crippen LogP contribution < -0.4 is 5.32 Å². The number of rotatable bonds is 6. The standard InChI is InChI=1S/C14H20BrNO2/c1-4-13(14(17)18-5-2)16-10(3)11-6-8-12(15)9-7-11/h6-10,13,16H,4-5H2,1-3H3/t10-,13?/m0/s1. The summed E-state index contributed by atoms with van der Waals surface area (Å²) in [6.45, 7) is 6.26. The second kappa shape index (κ2) is 7.54. The van der Waals surface area contributed by atoms with Crippen LogP contribution in [0.3, 0.4) is 0 Å². The fraction of sp³-hybridized carbons (Fsp3) is 0.500. The minimum Gasteiger partial charge on any atom is -0.465 e. The van der Waals surface area contributed by atoms with Crippen LogP contribution in [0.25, 0.3) is 0 Å². The van der Waals surface area contributed by atoms with Crippen LogP contribution in [0.2, 0.25) is 0 Å². The van der Waals surface area contributed by atoms with Crippen molar-refractivity contribution in [2.24, 2.45) is 0 Å². The molecule has 0 radical (unpaired) electrons. The molecular weight excluding hydrogens is 294 g/mol. The first-order valence-corrected chi connectivity index (χ1v) is 7.05. The minimum absolute atomic E-state index is 0.118. The van der Waals surface area contributed by atoms with Crippen LogP contribution in [-0.2, 0) is 9.53 Å². The molecule has 4 heteroatoms. The van der Waals surface area contributed by atoms with E-state index in [9.17, 15) is 4.79 Å². The molecule has 100 valence electrons. The number of carbonyl (C=O) groups excluding carboxylic acids is 1. The summed E-state index contributed by atoms with van der Waals surface area (Å²) in [5, 5.41) is 3.30. The van der Waals surface area contributed by atoms with Crippen molar-refractivity contribution in [2.45, 2.75) is 39.3 Å². The van der Waals surface area contributed by atoms with Crippen LogP contribution in [-0.4, -0.2) is 18.6 Å². The van der Waals surface area contributed by atoms with Crippen LogP contribution in [0, 0.1) is 0 Å². The van der Waals surface area contributed by atoms with Gasteiger partial charge in [-0.3, -0.25) is 10.1 Å². The topological polar surface area (TPSA) is 38.3 Å². The van der Waals surface area contributed by atoms with Gasteiger partial charge in [0.15, 0.2) is 0 Å². The highest BCUT2D eigenvalue weighted by Crippen LogP contribution is 2.17. The number of esters is 1. The quantitative estimate of drug-likeness (QED) is 0.818. The maximum Gasteiger partial charge on any atom is 0.323 e. The van der Waals surface area contributed by atoms with Gasteiger partial charge in [0, 0.05) is 10.5 Å². The Hall–Kier alpha value is -0.870. The molecule has 0 fully saturated rings. The third-order valence-electron chi connectivity index (χ3n) is 2.80. The zero-order valence-electron chi connectivity index (χ0n) is 11.1. The Morgan fingerprint density at radius 2 is 1.94 bits per heavy atom. The van der Waals surface area contributed by atoms with E-state index < -0.39 is 0 Å². The Balaban J connectivity index is 2.64. The summed E-state index contributed by atoms with van der Waals surface area (Å²) in [6, 6.07) is 7.95. The van der Waals surface area contributed by atoms with Crippen LogP contribution in [0.15, 0.2) is 28.7 Å². The van der Waals surface area contributed by atoms with Crippen molar-refractivity contribution in [1.29, 1.82) is 0 Å². The molecule has 1 aromatic rings. The van der Waals surface area contributed by atoms with Gasteiger partial charge in [-0.1, -0.05) is 35.0 Å². The molecule has 1 unspecified atom stereocenters. The molecule has 3 nitrogen and oxygen atoms in total. The Bertz CT molecular complexity index is 378. The van der Waals surface area contributed by atoms with Crippen molar-refractivity contribution >= 4 is 21.9 Å². The Morgan fingerprint density at radius 3 is 2.44 bits per heavy atom. The number of carbonyl (C=O) groups is 1. The third-order valence-corrected chi connectivity index (χ3v) is 3.33. The van der Waals surface area contributed by atoms with E-state index in [0.29, 0.717) is 6.61 Å². The molecule has 18 heavy (non-hydrogen) atoms. The van der Waals surface area contributed by atoms with E-state index in [-0.39, 0.29) is 18.1 Å². The molecule has 1 N–H and O–H groups in total. The lowest BCUT2D eigenvalue weighted by Crippen LogP contribution is -2.39. The number of ether oxygens (including phenoxy) is 1. The summed E-state index contributed by atoms with van der Waals surface area (Å²) >= 11 is 3.41. The first kappa shape index (κ1) is 15.2. The third kappa shape index (κ3) is 4.42. The van der Waals surface area contributed by atoms with Crippen LogP contribution in [0.4, 0.5) is 0 Å². The van der Waals surface area contributed by atoms with Gasteiger partial charge in [0.05, 0.1) is 6.61 Å². The van der Waals surface area contributed by atoms with Gasteiger partial charge in [0.25, 0.3) is 0 Å². The molecule has 0 heterocycles. The molecule has 1 rings (SSSR count). The molecule has 0 bridgehead atoms. The van der Waals surface area contributed by atoms with Gasteiger partial charge in [0.2, 0.25) is 0 Å². The van der Waals surface area contributed by atoms with E-state index in [1.165, 1.54) is 0 Å². The molecule has 2 atom stereocenters. The summed E-state index contributed by atoms with van der Waals surface area (Å²) in [5.74, 6) is -0.177. The molecule has 0 spiro atoms. The van der Waals surface area contributed by atoms with E-state index >= 15 is 0 Å². The van der Waals surface area contributed by atoms with Gasteiger partial charge in [0.1, 0.15) is 6.04 Å². The van der Waals surface area contributed by atoms with E-state index in [4.69, 9.17) is 4.74 Å².